The maximum Gasteiger partial charge on any atom is 0.434 e. The van der Waals surface area contributed by atoms with Crippen LogP contribution in [0.1, 0.15) is 6.92 Å². The molecule has 0 saturated carbocycles. The molecule has 0 saturated heterocycles. The molecule has 2 heterocycles. The van der Waals surface area contributed by atoms with Gasteiger partial charge in [-0.05, 0) is 19.1 Å². The summed E-state index contributed by atoms with van der Waals surface area (Å²) in [5, 5.41) is 2.73. The fourth-order valence-electron chi connectivity index (χ4n) is 1.29. The molecule has 6 nitrogen and oxygen atoms in total. The molecule has 0 atom stereocenters. The normalized spacial score (nSPS) is 10.5. The Morgan fingerprint density at radius 3 is 3.20 bits per heavy atom. The third kappa shape index (κ3) is 1.50. The first-order chi connectivity index (χ1) is 7.24. The van der Waals surface area contributed by atoms with E-state index in [2.05, 4.69) is 10.1 Å². The Hall–Kier alpha value is -2.11. The lowest BCUT2D eigenvalue weighted by Crippen LogP contribution is -2.17. The average Bonchev–Trinajstić information content (AvgIpc) is 2.58. The van der Waals surface area contributed by atoms with Gasteiger partial charge in [0.05, 0.1) is 12.0 Å². The molecule has 2 aromatic heterocycles. The molecule has 0 aliphatic carbocycles. The molecule has 2 aromatic rings. The summed E-state index contributed by atoms with van der Waals surface area (Å²) in [5.74, 6) is 0. The van der Waals surface area contributed by atoms with Crippen molar-refractivity contribution in [1.82, 2.24) is 14.8 Å². The van der Waals surface area contributed by atoms with E-state index in [1.54, 1.807) is 19.1 Å². The molecule has 0 aliphatic heterocycles. The molecule has 6 heteroatoms. The number of aromatic nitrogens is 3. The van der Waals surface area contributed by atoms with Crippen LogP contribution < -0.4 is 5.56 Å². The quantitative estimate of drug-likeness (QED) is 0.747. The van der Waals surface area contributed by atoms with Gasteiger partial charge in [-0.1, -0.05) is 0 Å². The van der Waals surface area contributed by atoms with Crippen molar-refractivity contribution in [3.05, 3.63) is 28.7 Å². The highest BCUT2D eigenvalue weighted by Gasteiger charge is 2.13. The zero-order valence-corrected chi connectivity index (χ0v) is 8.06. The van der Waals surface area contributed by atoms with E-state index in [0.29, 0.717) is 5.39 Å². The second-order valence-corrected chi connectivity index (χ2v) is 2.85. The van der Waals surface area contributed by atoms with Gasteiger partial charge in [-0.2, -0.15) is 4.68 Å². The molecule has 78 valence electrons. The molecular weight excluding hydrogens is 198 g/mol. The van der Waals surface area contributed by atoms with Gasteiger partial charge >= 0.3 is 6.09 Å². The number of rotatable bonds is 1. The third-order valence-corrected chi connectivity index (χ3v) is 1.91. The molecule has 0 bridgehead atoms. The molecule has 0 unspecified atom stereocenters. The van der Waals surface area contributed by atoms with Crippen LogP contribution in [0.3, 0.4) is 0 Å². The van der Waals surface area contributed by atoms with Crippen LogP contribution in [0.4, 0.5) is 4.79 Å². The Bertz CT molecular complexity index is 555. The summed E-state index contributed by atoms with van der Waals surface area (Å²) in [5.41, 5.74) is -0.0768. The first kappa shape index (κ1) is 9.45. The highest BCUT2D eigenvalue weighted by atomic mass is 16.6. The largest absolute Gasteiger partial charge is 0.448 e. The van der Waals surface area contributed by atoms with Crippen molar-refractivity contribution < 1.29 is 9.53 Å². The standard InChI is InChI=1S/C9H9N3O3/c1-2-15-9(14)12-7-6(8(13)11-12)4-3-5-10-7/h3-5H,2H2,1H3,(H,11,13). The van der Waals surface area contributed by atoms with E-state index in [1.165, 1.54) is 6.20 Å². The van der Waals surface area contributed by atoms with E-state index in [0.717, 1.165) is 4.68 Å². The summed E-state index contributed by atoms with van der Waals surface area (Å²) < 4.78 is 5.76. The minimum absolute atomic E-state index is 0.243. The molecule has 0 fully saturated rings. The van der Waals surface area contributed by atoms with Crippen LogP contribution in [0, 0.1) is 0 Å². The fourth-order valence-corrected chi connectivity index (χ4v) is 1.29. The van der Waals surface area contributed by atoms with Crippen LogP contribution in [0.25, 0.3) is 11.0 Å². The van der Waals surface area contributed by atoms with E-state index in [4.69, 9.17) is 4.74 Å². The van der Waals surface area contributed by atoms with Gasteiger partial charge < -0.3 is 4.74 Å². The predicted octanol–water partition coefficient (Wildman–Crippen LogP) is 0.729. The first-order valence-corrected chi connectivity index (χ1v) is 4.47. The van der Waals surface area contributed by atoms with Crippen molar-refractivity contribution >= 4 is 17.1 Å². The molecule has 1 N–H and O–H groups in total. The molecule has 0 amide bonds. The predicted molar refractivity (Wildman–Crippen MR) is 52.8 cm³/mol. The second-order valence-electron chi connectivity index (χ2n) is 2.85. The lowest BCUT2D eigenvalue weighted by molar-refractivity contribution is 0.151. The van der Waals surface area contributed by atoms with E-state index >= 15 is 0 Å². The number of carbonyl (C=O) groups is 1. The maximum atomic E-state index is 11.4. The van der Waals surface area contributed by atoms with Crippen LogP contribution in [0.15, 0.2) is 23.1 Å². The number of nitrogens with zero attached hydrogens (tertiary/aromatic N) is 2. The van der Waals surface area contributed by atoms with Crippen LogP contribution >= 0.6 is 0 Å². The number of fused-ring (bicyclic) bond motifs is 1. The molecular formula is C9H9N3O3. The zero-order chi connectivity index (χ0) is 10.8. The number of aromatic amines is 1. The highest BCUT2D eigenvalue weighted by molar-refractivity contribution is 5.84. The van der Waals surface area contributed by atoms with E-state index in [9.17, 15) is 9.59 Å². The lowest BCUT2D eigenvalue weighted by Gasteiger charge is -2.01. The van der Waals surface area contributed by atoms with Crippen molar-refractivity contribution in [3.8, 4) is 0 Å². The average molecular weight is 207 g/mol. The third-order valence-electron chi connectivity index (χ3n) is 1.91. The van der Waals surface area contributed by atoms with Crippen molar-refractivity contribution in [1.29, 1.82) is 0 Å². The van der Waals surface area contributed by atoms with Gasteiger partial charge in [0.2, 0.25) is 0 Å². The Labute approximate surface area is 84.5 Å². The van der Waals surface area contributed by atoms with Gasteiger partial charge in [0.1, 0.15) is 0 Å². The second kappa shape index (κ2) is 3.56. The fraction of sp³-hybridized carbons (Fsp3) is 0.222. The van der Waals surface area contributed by atoms with Gasteiger partial charge in [-0.15, -0.1) is 0 Å². The SMILES string of the molecule is CCOC(=O)n1[nH]c(=O)c2cccnc21. The van der Waals surface area contributed by atoms with Gasteiger partial charge in [0, 0.05) is 6.20 Å². The van der Waals surface area contributed by atoms with Crippen LogP contribution in [-0.2, 0) is 4.74 Å². The zero-order valence-electron chi connectivity index (χ0n) is 8.06. The smallest absolute Gasteiger partial charge is 0.434 e. The van der Waals surface area contributed by atoms with Gasteiger partial charge in [-0.25, -0.2) is 9.78 Å². The number of H-pyrrole nitrogens is 1. The minimum Gasteiger partial charge on any atom is -0.448 e. The van der Waals surface area contributed by atoms with Crippen molar-refractivity contribution in [2.24, 2.45) is 0 Å². The molecule has 0 radical (unpaired) electrons. The highest BCUT2D eigenvalue weighted by Crippen LogP contribution is 2.05. The monoisotopic (exact) mass is 207 g/mol. The lowest BCUT2D eigenvalue weighted by atomic mass is 10.3. The van der Waals surface area contributed by atoms with E-state index in [1.807, 2.05) is 0 Å². The summed E-state index contributed by atoms with van der Waals surface area (Å²) in [7, 11) is 0. The van der Waals surface area contributed by atoms with Crippen LogP contribution in [0.2, 0.25) is 0 Å². The Morgan fingerprint density at radius 2 is 2.47 bits per heavy atom. The van der Waals surface area contributed by atoms with Gasteiger partial charge in [0.25, 0.3) is 5.56 Å². The number of nitrogens with one attached hydrogen (secondary N) is 1. The van der Waals surface area contributed by atoms with E-state index < -0.39 is 6.09 Å². The summed E-state index contributed by atoms with van der Waals surface area (Å²) in [4.78, 5) is 26.7. The molecule has 0 aromatic carbocycles. The number of carbonyl (C=O) groups excluding carboxylic acids is 1. The van der Waals surface area contributed by atoms with Gasteiger partial charge in [-0.3, -0.25) is 9.89 Å². The maximum absolute atomic E-state index is 11.4. The van der Waals surface area contributed by atoms with Crippen LogP contribution in [-0.4, -0.2) is 27.5 Å². The summed E-state index contributed by atoms with van der Waals surface area (Å²) in [6, 6.07) is 3.23. The molecule has 0 aliphatic rings. The van der Waals surface area contributed by atoms with E-state index in [-0.39, 0.29) is 17.8 Å². The summed E-state index contributed by atoms with van der Waals surface area (Å²) in [6.45, 7) is 1.93. The number of hydrogen-bond acceptors (Lipinski definition) is 4. The topological polar surface area (TPSA) is 77.0 Å². The number of pyridine rings is 1. The van der Waals surface area contributed by atoms with Crippen molar-refractivity contribution in [2.75, 3.05) is 6.61 Å². The number of ether oxygens (including phenoxy) is 1. The summed E-state index contributed by atoms with van der Waals surface area (Å²) in [6.07, 6.45) is 0.869. The molecule has 15 heavy (non-hydrogen) atoms. The minimum atomic E-state index is -0.636. The Kier molecular flexibility index (Phi) is 2.24. The Morgan fingerprint density at radius 1 is 1.67 bits per heavy atom. The van der Waals surface area contributed by atoms with Crippen molar-refractivity contribution in [2.45, 2.75) is 6.92 Å². The molecule has 2 rings (SSSR count). The summed E-state index contributed by atoms with van der Waals surface area (Å²) >= 11 is 0. The Balaban J connectivity index is 2.62. The van der Waals surface area contributed by atoms with Crippen LogP contribution in [0.5, 0.6) is 0 Å². The molecule has 0 spiro atoms. The van der Waals surface area contributed by atoms with Gasteiger partial charge in [0.15, 0.2) is 5.65 Å². The van der Waals surface area contributed by atoms with Crippen molar-refractivity contribution in [3.63, 3.8) is 0 Å². The first-order valence-electron chi connectivity index (χ1n) is 4.47. The number of hydrogen-bond donors (Lipinski definition) is 1.